The van der Waals surface area contributed by atoms with E-state index < -0.39 is 12.0 Å². The first-order valence-electron chi connectivity index (χ1n) is 3.24. The predicted molar refractivity (Wildman–Crippen MR) is 43.1 cm³/mol. The zero-order valence-corrected chi connectivity index (χ0v) is 6.66. The first-order valence-corrected chi connectivity index (χ1v) is 3.24. The molecule has 0 aromatic rings. The number of alkyl carbamates (subject to hydrolysis) is 1. The summed E-state index contributed by atoms with van der Waals surface area (Å²) in [5.74, 6) is 1.56. The highest BCUT2D eigenvalue weighted by Crippen LogP contribution is 1.78. The van der Waals surface area contributed by atoms with Gasteiger partial charge in [-0.2, -0.15) is 0 Å². The SMILES string of the molecule is C#CCOC(=O)NC(=O)/C=C/C. The Balaban J connectivity index is 3.71. The van der Waals surface area contributed by atoms with Crippen LogP contribution in [-0.4, -0.2) is 18.6 Å². The normalized spacial score (nSPS) is 9.00. The number of terminal acetylenes is 1. The van der Waals surface area contributed by atoms with E-state index in [9.17, 15) is 9.59 Å². The molecule has 0 saturated carbocycles. The summed E-state index contributed by atoms with van der Waals surface area (Å²) >= 11 is 0. The van der Waals surface area contributed by atoms with Gasteiger partial charge in [-0.3, -0.25) is 10.1 Å². The highest BCUT2D eigenvalue weighted by atomic mass is 16.5. The standard InChI is InChI=1S/C8H9NO3/c1-3-5-7(10)9-8(11)12-6-4-2/h2-3,5H,6H2,1H3,(H,9,10,11)/b5-3+. The van der Waals surface area contributed by atoms with E-state index in [-0.39, 0.29) is 6.61 Å². The summed E-state index contributed by atoms with van der Waals surface area (Å²) in [5, 5.41) is 1.93. The molecule has 4 heteroatoms. The van der Waals surface area contributed by atoms with Crippen LogP contribution in [-0.2, 0) is 9.53 Å². The van der Waals surface area contributed by atoms with E-state index in [1.54, 1.807) is 6.92 Å². The van der Waals surface area contributed by atoms with Crippen molar-refractivity contribution in [3.63, 3.8) is 0 Å². The number of imide groups is 1. The summed E-state index contributed by atoms with van der Waals surface area (Å²) in [7, 11) is 0. The van der Waals surface area contributed by atoms with Gasteiger partial charge in [-0.15, -0.1) is 6.42 Å². The zero-order valence-electron chi connectivity index (χ0n) is 6.66. The Morgan fingerprint density at radius 3 is 2.83 bits per heavy atom. The molecule has 0 bridgehead atoms. The van der Waals surface area contributed by atoms with Crippen molar-refractivity contribution in [2.75, 3.05) is 6.61 Å². The molecule has 0 fully saturated rings. The molecular formula is C8H9NO3. The fraction of sp³-hybridized carbons (Fsp3) is 0.250. The molecule has 0 aliphatic carbocycles. The summed E-state index contributed by atoms with van der Waals surface area (Å²) in [6.07, 6.45) is 6.68. The molecule has 0 aromatic carbocycles. The van der Waals surface area contributed by atoms with Gasteiger partial charge in [-0.05, 0) is 13.0 Å². The molecule has 0 heterocycles. The van der Waals surface area contributed by atoms with Crippen molar-refractivity contribution in [1.82, 2.24) is 5.32 Å². The number of rotatable bonds is 2. The number of carbonyl (C=O) groups is 2. The number of carbonyl (C=O) groups excluding carboxylic acids is 2. The molecule has 1 N–H and O–H groups in total. The average Bonchev–Trinajstić information content (AvgIpc) is 2.01. The number of amides is 2. The lowest BCUT2D eigenvalue weighted by Crippen LogP contribution is -2.29. The minimum Gasteiger partial charge on any atom is -0.436 e. The minimum absolute atomic E-state index is 0.144. The van der Waals surface area contributed by atoms with Gasteiger partial charge in [0.2, 0.25) is 0 Å². The van der Waals surface area contributed by atoms with Crippen molar-refractivity contribution in [3.8, 4) is 12.3 Å². The van der Waals surface area contributed by atoms with Crippen molar-refractivity contribution in [3.05, 3.63) is 12.2 Å². The molecule has 0 atom stereocenters. The predicted octanol–water partition coefficient (Wildman–Crippen LogP) is 0.449. The maximum Gasteiger partial charge on any atom is 0.415 e. The van der Waals surface area contributed by atoms with Crippen LogP contribution in [0.15, 0.2) is 12.2 Å². The third-order valence-electron chi connectivity index (χ3n) is 0.830. The Kier molecular flexibility index (Phi) is 5.11. The van der Waals surface area contributed by atoms with Crippen LogP contribution in [0.4, 0.5) is 4.79 Å². The van der Waals surface area contributed by atoms with Gasteiger partial charge < -0.3 is 4.74 Å². The second-order valence-corrected chi connectivity index (χ2v) is 1.77. The maximum atomic E-state index is 10.7. The van der Waals surface area contributed by atoms with E-state index in [2.05, 4.69) is 10.7 Å². The first kappa shape index (κ1) is 10.2. The Bertz CT molecular complexity index is 237. The lowest BCUT2D eigenvalue weighted by molar-refractivity contribution is -0.115. The lowest BCUT2D eigenvalue weighted by Gasteiger charge is -1.99. The Labute approximate surface area is 70.6 Å². The maximum absolute atomic E-state index is 10.7. The van der Waals surface area contributed by atoms with Gasteiger partial charge in [0.25, 0.3) is 5.91 Å². The van der Waals surface area contributed by atoms with Gasteiger partial charge in [0, 0.05) is 0 Å². The van der Waals surface area contributed by atoms with Crippen LogP contribution in [0.25, 0.3) is 0 Å². The van der Waals surface area contributed by atoms with Crippen LogP contribution in [0.3, 0.4) is 0 Å². The van der Waals surface area contributed by atoms with Crippen LogP contribution in [0.2, 0.25) is 0 Å². The molecular weight excluding hydrogens is 158 g/mol. The van der Waals surface area contributed by atoms with Gasteiger partial charge >= 0.3 is 6.09 Å². The summed E-state index contributed by atoms with van der Waals surface area (Å²) in [6, 6.07) is 0. The van der Waals surface area contributed by atoms with Crippen LogP contribution < -0.4 is 5.32 Å². The smallest absolute Gasteiger partial charge is 0.415 e. The van der Waals surface area contributed by atoms with E-state index in [4.69, 9.17) is 6.42 Å². The molecule has 2 amide bonds. The molecule has 0 rings (SSSR count). The minimum atomic E-state index is -0.837. The van der Waals surface area contributed by atoms with Gasteiger partial charge in [0.1, 0.15) is 0 Å². The number of ether oxygens (including phenoxy) is 1. The fourth-order valence-corrected chi connectivity index (χ4v) is 0.437. The third kappa shape index (κ3) is 5.06. The van der Waals surface area contributed by atoms with Gasteiger partial charge in [-0.25, -0.2) is 4.79 Å². The number of nitrogens with one attached hydrogen (secondary N) is 1. The van der Waals surface area contributed by atoms with Crippen LogP contribution in [0.5, 0.6) is 0 Å². The second kappa shape index (κ2) is 5.98. The fourth-order valence-electron chi connectivity index (χ4n) is 0.437. The Morgan fingerprint density at radius 2 is 2.33 bits per heavy atom. The molecule has 0 aliphatic heterocycles. The molecule has 64 valence electrons. The van der Waals surface area contributed by atoms with Crippen molar-refractivity contribution in [2.24, 2.45) is 0 Å². The largest absolute Gasteiger partial charge is 0.436 e. The average molecular weight is 167 g/mol. The van der Waals surface area contributed by atoms with E-state index >= 15 is 0 Å². The highest BCUT2D eigenvalue weighted by Gasteiger charge is 2.03. The van der Waals surface area contributed by atoms with E-state index in [0.717, 1.165) is 0 Å². The van der Waals surface area contributed by atoms with E-state index in [0.29, 0.717) is 0 Å². The molecule has 12 heavy (non-hydrogen) atoms. The van der Waals surface area contributed by atoms with Crippen molar-refractivity contribution in [1.29, 1.82) is 0 Å². The molecule has 0 aliphatic rings. The van der Waals surface area contributed by atoms with Crippen LogP contribution in [0.1, 0.15) is 6.92 Å². The Hall–Kier alpha value is -1.76. The van der Waals surface area contributed by atoms with Crippen LogP contribution in [0, 0.1) is 12.3 Å². The van der Waals surface area contributed by atoms with Crippen molar-refractivity contribution < 1.29 is 14.3 Å². The number of allylic oxidation sites excluding steroid dienone is 1. The molecule has 0 unspecified atom stereocenters. The van der Waals surface area contributed by atoms with Crippen molar-refractivity contribution >= 4 is 12.0 Å². The lowest BCUT2D eigenvalue weighted by atomic mass is 10.5. The molecule has 0 saturated heterocycles. The number of hydrogen-bond donors (Lipinski definition) is 1. The summed E-state index contributed by atoms with van der Waals surface area (Å²) < 4.78 is 4.37. The van der Waals surface area contributed by atoms with E-state index in [1.807, 2.05) is 5.32 Å². The molecule has 0 radical (unpaired) electrons. The van der Waals surface area contributed by atoms with Crippen LogP contribution >= 0.6 is 0 Å². The summed E-state index contributed by atoms with van der Waals surface area (Å²) in [5.41, 5.74) is 0. The van der Waals surface area contributed by atoms with Gasteiger partial charge in [-0.1, -0.05) is 12.0 Å². The first-order chi connectivity index (χ1) is 5.70. The Morgan fingerprint density at radius 1 is 1.67 bits per heavy atom. The topological polar surface area (TPSA) is 55.4 Å². The molecule has 0 aromatic heterocycles. The highest BCUT2D eigenvalue weighted by molar-refractivity contribution is 5.98. The van der Waals surface area contributed by atoms with Gasteiger partial charge in [0.15, 0.2) is 6.61 Å². The van der Waals surface area contributed by atoms with Gasteiger partial charge in [0.05, 0.1) is 0 Å². The number of hydrogen-bond acceptors (Lipinski definition) is 3. The monoisotopic (exact) mass is 167 g/mol. The zero-order chi connectivity index (χ0) is 9.40. The molecule has 0 spiro atoms. The molecule has 4 nitrogen and oxygen atoms in total. The van der Waals surface area contributed by atoms with Crippen molar-refractivity contribution in [2.45, 2.75) is 6.92 Å². The van der Waals surface area contributed by atoms with E-state index in [1.165, 1.54) is 12.2 Å². The second-order valence-electron chi connectivity index (χ2n) is 1.77. The third-order valence-corrected chi connectivity index (χ3v) is 0.830. The quantitative estimate of drug-likeness (QED) is 0.480. The summed E-state index contributed by atoms with van der Waals surface area (Å²) in [4.78, 5) is 21.3. The summed E-state index contributed by atoms with van der Waals surface area (Å²) in [6.45, 7) is 1.52.